The Labute approximate surface area is 201 Å². The van der Waals surface area contributed by atoms with Crippen LogP contribution in [0.2, 0.25) is 0 Å². The summed E-state index contributed by atoms with van der Waals surface area (Å²) in [7, 11) is 0. The number of carbonyl (C=O) groups excluding carboxylic acids is 1. The highest BCUT2D eigenvalue weighted by molar-refractivity contribution is 5.89. The number of nitrogens with two attached hydrogens (primary N) is 1. The zero-order chi connectivity index (χ0) is 23.5. The molecule has 0 radical (unpaired) electrons. The van der Waals surface area contributed by atoms with E-state index in [1.165, 1.54) is 10.9 Å². The lowest BCUT2D eigenvalue weighted by Crippen LogP contribution is -2.46. The van der Waals surface area contributed by atoms with Gasteiger partial charge in [0.1, 0.15) is 11.4 Å². The molecule has 7 heteroatoms. The molecule has 0 spiro atoms. The molecule has 0 bridgehead atoms. The van der Waals surface area contributed by atoms with E-state index in [4.69, 9.17) is 10.5 Å². The van der Waals surface area contributed by atoms with Crippen molar-refractivity contribution in [1.82, 2.24) is 19.8 Å². The summed E-state index contributed by atoms with van der Waals surface area (Å²) in [6.45, 7) is 6.71. The first-order valence-corrected chi connectivity index (χ1v) is 12.6. The lowest BCUT2D eigenvalue weighted by atomic mass is 9.87. The van der Waals surface area contributed by atoms with E-state index in [2.05, 4.69) is 40.0 Å². The Balaban J connectivity index is 1.46. The molecular formula is C27H35N5O2. The lowest BCUT2D eigenvalue weighted by Gasteiger charge is -2.35. The molecule has 0 aliphatic carbocycles. The van der Waals surface area contributed by atoms with Gasteiger partial charge in [-0.3, -0.25) is 0 Å². The molecule has 34 heavy (non-hydrogen) atoms. The number of rotatable bonds is 6. The van der Waals surface area contributed by atoms with Gasteiger partial charge in [-0.1, -0.05) is 0 Å². The van der Waals surface area contributed by atoms with E-state index in [0.29, 0.717) is 13.2 Å². The quantitative estimate of drug-likeness (QED) is 0.523. The molecule has 5 rings (SSSR count). The van der Waals surface area contributed by atoms with Crippen molar-refractivity contribution in [1.29, 1.82) is 0 Å². The van der Waals surface area contributed by atoms with E-state index < -0.39 is 0 Å². The van der Waals surface area contributed by atoms with Crippen LogP contribution in [0.15, 0.2) is 36.5 Å². The van der Waals surface area contributed by atoms with Gasteiger partial charge >= 0.3 is 6.03 Å². The number of nitrogens with zero attached hydrogens (tertiary/aromatic N) is 3. The monoisotopic (exact) mass is 461 g/mol. The normalized spacial score (nSPS) is 18.6. The third kappa shape index (κ3) is 4.62. The molecule has 2 aliphatic rings. The SMILES string of the molecule is Cc1cnc2[nH]c(-c3ccc(OCCCN)cc3)c(C3CCCN(C(=O)N4CCCC4)C3)c2c1. The Morgan fingerprint density at radius 1 is 1.15 bits per heavy atom. The number of ether oxygens (including phenoxy) is 1. The molecule has 1 unspecified atom stereocenters. The molecule has 0 saturated carbocycles. The second-order valence-electron chi connectivity index (χ2n) is 9.60. The van der Waals surface area contributed by atoms with Crippen LogP contribution in [-0.2, 0) is 0 Å². The summed E-state index contributed by atoms with van der Waals surface area (Å²) in [5, 5.41) is 1.17. The van der Waals surface area contributed by atoms with Crippen molar-refractivity contribution >= 4 is 17.1 Å². The number of amides is 2. The minimum atomic E-state index is 0.205. The van der Waals surface area contributed by atoms with Gasteiger partial charge in [0.15, 0.2) is 0 Å². The van der Waals surface area contributed by atoms with E-state index in [0.717, 1.165) is 86.5 Å². The summed E-state index contributed by atoms with van der Waals surface area (Å²) in [5.41, 5.74) is 11.1. The minimum absolute atomic E-state index is 0.205. The number of carbonyl (C=O) groups is 1. The topological polar surface area (TPSA) is 87.5 Å². The maximum atomic E-state index is 13.1. The maximum Gasteiger partial charge on any atom is 0.320 e. The van der Waals surface area contributed by atoms with Crippen LogP contribution >= 0.6 is 0 Å². The number of hydrogen-bond acceptors (Lipinski definition) is 4. The largest absolute Gasteiger partial charge is 0.494 e. The van der Waals surface area contributed by atoms with Gasteiger partial charge in [0, 0.05) is 43.7 Å². The predicted molar refractivity (Wildman–Crippen MR) is 135 cm³/mol. The molecule has 2 amide bonds. The molecule has 2 fully saturated rings. The highest BCUT2D eigenvalue weighted by atomic mass is 16.5. The van der Waals surface area contributed by atoms with Gasteiger partial charge < -0.3 is 25.3 Å². The molecule has 1 aromatic carbocycles. The number of likely N-dealkylation sites (tertiary alicyclic amines) is 2. The van der Waals surface area contributed by atoms with Crippen LogP contribution in [0.1, 0.15) is 49.1 Å². The minimum Gasteiger partial charge on any atom is -0.494 e. The van der Waals surface area contributed by atoms with E-state index in [1.807, 2.05) is 23.2 Å². The fourth-order valence-corrected chi connectivity index (χ4v) is 5.33. The number of aromatic nitrogens is 2. The second-order valence-corrected chi connectivity index (χ2v) is 9.60. The van der Waals surface area contributed by atoms with Gasteiger partial charge in [0.25, 0.3) is 0 Å². The van der Waals surface area contributed by atoms with Gasteiger partial charge in [-0.25, -0.2) is 9.78 Å². The maximum absolute atomic E-state index is 13.1. The molecule has 3 N–H and O–H groups in total. The van der Waals surface area contributed by atoms with Crippen LogP contribution in [0.5, 0.6) is 5.75 Å². The number of aryl methyl sites for hydroxylation is 1. The third-order valence-corrected chi connectivity index (χ3v) is 7.06. The second kappa shape index (κ2) is 10.1. The predicted octanol–water partition coefficient (Wildman–Crippen LogP) is 4.66. The van der Waals surface area contributed by atoms with Crippen LogP contribution in [-0.4, -0.2) is 65.1 Å². The number of aromatic amines is 1. The number of H-pyrrole nitrogens is 1. The van der Waals surface area contributed by atoms with Crippen molar-refractivity contribution in [3.63, 3.8) is 0 Å². The van der Waals surface area contributed by atoms with E-state index >= 15 is 0 Å². The molecule has 2 aliphatic heterocycles. The smallest absolute Gasteiger partial charge is 0.320 e. The van der Waals surface area contributed by atoms with Crippen LogP contribution in [0, 0.1) is 6.92 Å². The highest BCUT2D eigenvalue weighted by Crippen LogP contribution is 2.40. The summed E-state index contributed by atoms with van der Waals surface area (Å²) in [6, 6.07) is 10.7. The van der Waals surface area contributed by atoms with Gasteiger partial charge in [0.2, 0.25) is 0 Å². The Hall–Kier alpha value is -3.06. The van der Waals surface area contributed by atoms with Gasteiger partial charge in [-0.2, -0.15) is 0 Å². The lowest BCUT2D eigenvalue weighted by molar-refractivity contribution is 0.147. The summed E-state index contributed by atoms with van der Waals surface area (Å²) in [4.78, 5) is 25.5. The number of fused-ring (bicyclic) bond motifs is 1. The molecule has 180 valence electrons. The first-order valence-electron chi connectivity index (χ1n) is 12.6. The van der Waals surface area contributed by atoms with Gasteiger partial charge in [-0.05, 0) is 92.6 Å². The van der Waals surface area contributed by atoms with Crippen LogP contribution < -0.4 is 10.5 Å². The van der Waals surface area contributed by atoms with E-state index in [-0.39, 0.29) is 11.9 Å². The third-order valence-electron chi connectivity index (χ3n) is 7.06. The van der Waals surface area contributed by atoms with Crippen molar-refractivity contribution in [2.45, 2.75) is 44.9 Å². The Morgan fingerprint density at radius 3 is 2.68 bits per heavy atom. The number of benzene rings is 1. The van der Waals surface area contributed by atoms with E-state index in [1.54, 1.807) is 0 Å². The molecule has 2 saturated heterocycles. The summed E-state index contributed by atoms with van der Waals surface area (Å²) >= 11 is 0. The summed E-state index contributed by atoms with van der Waals surface area (Å²) in [6.07, 6.45) is 7.07. The van der Waals surface area contributed by atoms with Crippen molar-refractivity contribution in [2.75, 3.05) is 39.3 Å². The first-order chi connectivity index (χ1) is 16.6. The van der Waals surface area contributed by atoms with Crippen molar-refractivity contribution in [3.05, 3.63) is 47.7 Å². The first kappa shape index (κ1) is 22.7. The molecule has 7 nitrogen and oxygen atoms in total. The Morgan fingerprint density at radius 2 is 1.91 bits per heavy atom. The average Bonchev–Trinajstić information content (AvgIpc) is 3.52. The molecule has 2 aromatic heterocycles. The number of piperidine rings is 1. The molecule has 3 aromatic rings. The highest BCUT2D eigenvalue weighted by Gasteiger charge is 2.32. The van der Waals surface area contributed by atoms with Crippen molar-refractivity contribution in [2.24, 2.45) is 5.73 Å². The Bertz CT molecular complexity index is 1130. The summed E-state index contributed by atoms with van der Waals surface area (Å²) in [5.74, 6) is 1.12. The van der Waals surface area contributed by atoms with Crippen molar-refractivity contribution in [3.8, 4) is 17.0 Å². The fraction of sp³-hybridized carbons (Fsp3) is 0.481. The van der Waals surface area contributed by atoms with E-state index in [9.17, 15) is 4.79 Å². The Kier molecular flexibility index (Phi) is 6.72. The zero-order valence-electron chi connectivity index (χ0n) is 20.1. The zero-order valence-corrected chi connectivity index (χ0v) is 20.1. The van der Waals surface area contributed by atoms with Crippen LogP contribution in [0.3, 0.4) is 0 Å². The summed E-state index contributed by atoms with van der Waals surface area (Å²) < 4.78 is 5.80. The van der Waals surface area contributed by atoms with Crippen LogP contribution in [0.4, 0.5) is 4.79 Å². The fourth-order valence-electron chi connectivity index (χ4n) is 5.33. The van der Waals surface area contributed by atoms with Gasteiger partial charge in [-0.15, -0.1) is 0 Å². The number of urea groups is 1. The van der Waals surface area contributed by atoms with Gasteiger partial charge in [0.05, 0.1) is 12.3 Å². The molecular weight excluding hydrogens is 426 g/mol. The standard InChI is InChI=1S/C27H35N5O2/c1-19-16-23-24(21-6-4-14-32(18-21)27(33)31-12-2-3-13-31)25(30-26(23)29-17-19)20-7-9-22(10-8-20)34-15-5-11-28/h7-10,16-17,21H,2-6,11-15,18,28H2,1H3,(H,29,30). The average molecular weight is 462 g/mol. The van der Waals surface area contributed by atoms with Crippen molar-refractivity contribution < 1.29 is 9.53 Å². The molecule has 1 atom stereocenters. The number of nitrogens with one attached hydrogen (secondary N) is 1. The number of pyridine rings is 1. The van der Waals surface area contributed by atoms with Crippen LogP contribution in [0.25, 0.3) is 22.3 Å². The molecule has 4 heterocycles. The number of hydrogen-bond donors (Lipinski definition) is 2.